The number of likely N-dealkylation sites (N-methyl/N-ethyl adjacent to an activating group) is 2. The lowest BCUT2D eigenvalue weighted by molar-refractivity contribution is -0.135. The van der Waals surface area contributed by atoms with Crippen molar-refractivity contribution in [1.29, 1.82) is 0 Å². The number of carbonyl (C=O) groups is 1. The molecule has 6 heteroatoms. The number of benzene rings is 2. The van der Waals surface area contributed by atoms with E-state index in [1.807, 2.05) is 24.3 Å². The topological polar surface area (TPSA) is 49.3 Å². The van der Waals surface area contributed by atoms with E-state index in [1.165, 1.54) is 12.1 Å². The van der Waals surface area contributed by atoms with Crippen LogP contribution in [-0.2, 0) is 11.3 Å². The normalized spacial score (nSPS) is 12.3. The van der Waals surface area contributed by atoms with Gasteiger partial charge in [0.25, 0.3) is 0 Å². The minimum atomic E-state index is -0.566. The van der Waals surface area contributed by atoms with Crippen molar-refractivity contribution in [3.05, 3.63) is 71.8 Å². The molecule has 0 bridgehead atoms. The van der Waals surface area contributed by atoms with Crippen molar-refractivity contribution in [3.8, 4) is 0 Å². The second-order valence-corrected chi connectivity index (χ2v) is 6.47. The van der Waals surface area contributed by atoms with E-state index >= 15 is 0 Å². The number of para-hydroxylation sites is 2. The quantitative estimate of drug-likeness (QED) is 0.708. The molecule has 1 amide bonds. The van der Waals surface area contributed by atoms with Gasteiger partial charge in [0, 0.05) is 7.05 Å². The summed E-state index contributed by atoms with van der Waals surface area (Å²) in [4.78, 5) is 25.3. The Hall–Kier alpha value is -2.86. The van der Waals surface area contributed by atoms with Gasteiger partial charge in [0.15, 0.2) is 0 Å². The van der Waals surface area contributed by atoms with E-state index in [4.69, 9.17) is 0 Å². The van der Waals surface area contributed by atoms with E-state index in [0.29, 0.717) is 17.8 Å². The van der Waals surface area contributed by atoms with Crippen LogP contribution in [0.2, 0.25) is 0 Å². The average molecular weight is 352 g/mol. The molecule has 5 nitrogen and oxygen atoms in total. The molecule has 0 fully saturated rings. The predicted molar refractivity (Wildman–Crippen MR) is 98.8 cm³/mol. The zero-order valence-electron chi connectivity index (χ0n) is 15.1. The molecule has 2 aromatic carbocycles. The Kier molecular flexibility index (Phi) is 5.23. The maximum atomic E-state index is 13.6. The van der Waals surface area contributed by atoms with Gasteiger partial charge >= 0.3 is 0 Å². The third-order valence-corrected chi connectivity index (χ3v) is 4.19. The molecular weight excluding hydrogens is 331 g/mol. The van der Waals surface area contributed by atoms with Crippen molar-refractivity contribution >= 4 is 16.9 Å². The predicted octanol–water partition coefficient (Wildman–Crippen LogP) is 3.03. The number of fused-ring (bicyclic) bond motifs is 1. The number of hydrogen-bond acceptors (Lipinski definition) is 4. The van der Waals surface area contributed by atoms with Gasteiger partial charge in [-0.2, -0.15) is 0 Å². The van der Waals surface area contributed by atoms with Crippen LogP contribution in [0.3, 0.4) is 0 Å². The van der Waals surface area contributed by atoms with Crippen LogP contribution < -0.4 is 0 Å². The summed E-state index contributed by atoms with van der Waals surface area (Å²) in [5.41, 5.74) is 2.93. The molecule has 1 unspecified atom stereocenters. The van der Waals surface area contributed by atoms with Gasteiger partial charge in [0.05, 0.1) is 29.5 Å². The minimum absolute atomic E-state index is 0.129. The van der Waals surface area contributed by atoms with Crippen LogP contribution in [0, 0.1) is 5.82 Å². The van der Waals surface area contributed by atoms with Gasteiger partial charge in [-0.3, -0.25) is 14.7 Å². The molecule has 1 aromatic heterocycles. The molecule has 0 N–H and O–H groups in total. The molecule has 0 saturated carbocycles. The zero-order valence-corrected chi connectivity index (χ0v) is 15.1. The first-order valence-corrected chi connectivity index (χ1v) is 8.33. The summed E-state index contributed by atoms with van der Waals surface area (Å²) in [7, 11) is 5.32. The number of amides is 1. The summed E-state index contributed by atoms with van der Waals surface area (Å²) in [6.45, 7) is 0.330. The van der Waals surface area contributed by atoms with Crippen molar-refractivity contribution in [2.24, 2.45) is 0 Å². The molecule has 3 rings (SSSR count). The van der Waals surface area contributed by atoms with Gasteiger partial charge in [-0.1, -0.05) is 24.3 Å². The monoisotopic (exact) mass is 352 g/mol. The Morgan fingerprint density at radius 3 is 2.50 bits per heavy atom. The van der Waals surface area contributed by atoms with Crippen molar-refractivity contribution in [2.75, 3.05) is 21.1 Å². The van der Waals surface area contributed by atoms with Crippen LogP contribution in [0.25, 0.3) is 11.0 Å². The molecule has 26 heavy (non-hydrogen) atoms. The summed E-state index contributed by atoms with van der Waals surface area (Å²) < 4.78 is 13.6. The van der Waals surface area contributed by atoms with Crippen LogP contribution >= 0.6 is 0 Å². The van der Waals surface area contributed by atoms with E-state index in [1.54, 1.807) is 49.3 Å². The van der Waals surface area contributed by atoms with E-state index in [0.717, 1.165) is 11.0 Å². The molecule has 0 aliphatic heterocycles. The van der Waals surface area contributed by atoms with Crippen LogP contribution in [0.4, 0.5) is 4.39 Å². The Balaban J connectivity index is 1.82. The van der Waals surface area contributed by atoms with Gasteiger partial charge in [-0.15, -0.1) is 0 Å². The first kappa shape index (κ1) is 17.9. The van der Waals surface area contributed by atoms with Gasteiger partial charge in [-0.05, 0) is 43.9 Å². The summed E-state index contributed by atoms with van der Waals surface area (Å²) in [6.07, 6.45) is 1.68. The largest absolute Gasteiger partial charge is 0.338 e. The lowest BCUT2D eigenvalue weighted by atomic mass is 10.0. The summed E-state index contributed by atoms with van der Waals surface area (Å²) in [6, 6.07) is 13.2. The Morgan fingerprint density at radius 2 is 1.81 bits per heavy atom. The molecule has 134 valence electrons. The van der Waals surface area contributed by atoms with Crippen LogP contribution in [0.1, 0.15) is 17.3 Å². The fourth-order valence-corrected chi connectivity index (χ4v) is 2.94. The lowest BCUT2D eigenvalue weighted by Crippen LogP contribution is -2.38. The first-order chi connectivity index (χ1) is 12.5. The third-order valence-electron chi connectivity index (χ3n) is 4.19. The molecule has 0 radical (unpaired) electrons. The van der Waals surface area contributed by atoms with E-state index in [2.05, 4.69) is 9.97 Å². The number of aromatic nitrogens is 2. The smallest absolute Gasteiger partial charge is 0.244 e. The van der Waals surface area contributed by atoms with Crippen molar-refractivity contribution in [3.63, 3.8) is 0 Å². The van der Waals surface area contributed by atoms with Crippen LogP contribution in [0.15, 0.2) is 54.7 Å². The number of halogens is 1. The number of nitrogens with zero attached hydrogens (tertiary/aromatic N) is 4. The summed E-state index contributed by atoms with van der Waals surface area (Å²) >= 11 is 0. The van der Waals surface area contributed by atoms with E-state index in [9.17, 15) is 9.18 Å². The standard InChI is InChI=1S/C20H21FN4O/c1-24(2)19(14-7-6-8-15(21)11-14)20(26)25(3)13-16-12-22-17-9-4-5-10-18(17)23-16/h4-12,19H,13H2,1-3H3. The molecule has 0 spiro atoms. The van der Waals surface area contributed by atoms with Crippen LogP contribution in [-0.4, -0.2) is 46.8 Å². The van der Waals surface area contributed by atoms with Crippen LogP contribution in [0.5, 0.6) is 0 Å². The second-order valence-electron chi connectivity index (χ2n) is 6.47. The molecule has 0 aliphatic rings. The number of carbonyl (C=O) groups excluding carboxylic acids is 1. The lowest BCUT2D eigenvalue weighted by Gasteiger charge is -2.28. The highest BCUT2D eigenvalue weighted by Gasteiger charge is 2.26. The van der Waals surface area contributed by atoms with Gasteiger partial charge in [-0.25, -0.2) is 9.37 Å². The number of hydrogen-bond donors (Lipinski definition) is 0. The Labute approximate surface area is 152 Å². The fourth-order valence-electron chi connectivity index (χ4n) is 2.94. The zero-order chi connectivity index (χ0) is 18.7. The second kappa shape index (κ2) is 7.58. The SMILES string of the molecule is CN(Cc1cnc2ccccc2n1)C(=O)C(c1cccc(F)c1)N(C)C. The summed E-state index contributed by atoms with van der Waals surface area (Å²) in [5.74, 6) is -0.485. The maximum Gasteiger partial charge on any atom is 0.244 e. The highest BCUT2D eigenvalue weighted by Crippen LogP contribution is 2.22. The maximum absolute atomic E-state index is 13.6. The minimum Gasteiger partial charge on any atom is -0.338 e. The third kappa shape index (κ3) is 3.86. The van der Waals surface area contributed by atoms with Gasteiger partial charge in [0.1, 0.15) is 11.9 Å². The average Bonchev–Trinajstić information content (AvgIpc) is 2.61. The number of rotatable bonds is 5. The Bertz CT molecular complexity index is 928. The van der Waals surface area contributed by atoms with Crippen molar-refractivity contribution in [1.82, 2.24) is 19.8 Å². The van der Waals surface area contributed by atoms with Crippen molar-refractivity contribution < 1.29 is 9.18 Å². The van der Waals surface area contributed by atoms with E-state index < -0.39 is 6.04 Å². The first-order valence-electron chi connectivity index (χ1n) is 8.33. The molecule has 3 aromatic rings. The molecule has 0 saturated heterocycles. The Morgan fingerprint density at radius 1 is 1.08 bits per heavy atom. The van der Waals surface area contributed by atoms with Gasteiger partial charge < -0.3 is 4.90 Å². The van der Waals surface area contributed by atoms with E-state index in [-0.39, 0.29) is 11.7 Å². The molecule has 1 heterocycles. The highest BCUT2D eigenvalue weighted by atomic mass is 19.1. The summed E-state index contributed by atoms with van der Waals surface area (Å²) in [5, 5.41) is 0. The van der Waals surface area contributed by atoms with Crippen molar-refractivity contribution in [2.45, 2.75) is 12.6 Å². The van der Waals surface area contributed by atoms with Gasteiger partial charge in [0.2, 0.25) is 5.91 Å². The molecular formula is C20H21FN4O. The molecule has 0 aliphatic carbocycles. The molecule has 1 atom stereocenters. The highest BCUT2D eigenvalue weighted by molar-refractivity contribution is 5.83. The fraction of sp³-hybridized carbons (Fsp3) is 0.250.